The molecule has 0 radical (unpaired) electrons. The number of rotatable bonds is 5. The number of furan rings is 1. The van der Waals surface area contributed by atoms with Gasteiger partial charge in [0.2, 0.25) is 11.7 Å². The van der Waals surface area contributed by atoms with Crippen LogP contribution in [0.1, 0.15) is 30.7 Å². The number of hydrogen-bond acceptors (Lipinski definition) is 5. The molecular formula is C17H17N3O2. The van der Waals surface area contributed by atoms with Crippen LogP contribution in [0.2, 0.25) is 0 Å². The smallest absolute Gasteiger partial charge is 0.241 e. The molecule has 2 aromatic heterocycles. The second kappa shape index (κ2) is 5.42. The second-order valence-corrected chi connectivity index (χ2v) is 5.64. The molecular weight excluding hydrogens is 278 g/mol. The zero-order chi connectivity index (χ0) is 14.8. The highest BCUT2D eigenvalue weighted by Crippen LogP contribution is 2.41. The Labute approximate surface area is 128 Å². The van der Waals surface area contributed by atoms with Crippen LogP contribution in [0, 0.1) is 0 Å². The molecule has 0 aliphatic heterocycles. The Kier molecular flexibility index (Phi) is 3.27. The van der Waals surface area contributed by atoms with Crippen molar-refractivity contribution in [2.75, 3.05) is 0 Å². The molecule has 0 amide bonds. The van der Waals surface area contributed by atoms with E-state index in [-0.39, 0.29) is 5.54 Å². The monoisotopic (exact) mass is 295 g/mol. The van der Waals surface area contributed by atoms with Crippen LogP contribution in [0.4, 0.5) is 0 Å². The van der Waals surface area contributed by atoms with Crippen LogP contribution in [-0.4, -0.2) is 10.1 Å². The van der Waals surface area contributed by atoms with Gasteiger partial charge in [0.25, 0.3) is 0 Å². The predicted molar refractivity (Wildman–Crippen MR) is 80.8 cm³/mol. The maximum absolute atomic E-state index is 5.30. The molecule has 2 heterocycles. The molecule has 1 aliphatic rings. The lowest BCUT2D eigenvalue weighted by atomic mass is 9.72. The van der Waals surface area contributed by atoms with Crippen molar-refractivity contribution in [1.29, 1.82) is 0 Å². The van der Waals surface area contributed by atoms with Crippen LogP contribution >= 0.6 is 0 Å². The molecule has 0 unspecified atom stereocenters. The first-order valence-electron chi connectivity index (χ1n) is 7.53. The average molecular weight is 295 g/mol. The Bertz CT molecular complexity index is 730. The fourth-order valence-electron chi connectivity index (χ4n) is 2.93. The van der Waals surface area contributed by atoms with E-state index in [1.807, 2.05) is 18.2 Å². The zero-order valence-corrected chi connectivity index (χ0v) is 12.2. The summed E-state index contributed by atoms with van der Waals surface area (Å²) in [4.78, 5) is 4.37. The lowest BCUT2D eigenvalue weighted by Gasteiger charge is -2.43. The summed E-state index contributed by atoms with van der Waals surface area (Å²) in [7, 11) is 0. The number of benzene rings is 1. The van der Waals surface area contributed by atoms with Gasteiger partial charge in [-0.05, 0) is 37.0 Å². The van der Waals surface area contributed by atoms with Crippen molar-refractivity contribution in [3.8, 4) is 11.6 Å². The van der Waals surface area contributed by atoms with E-state index in [1.54, 1.807) is 6.26 Å². The number of nitrogens with zero attached hydrogens (tertiary/aromatic N) is 2. The molecule has 1 saturated carbocycles. The van der Waals surface area contributed by atoms with E-state index in [4.69, 9.17) is 8.94 Å². The molecule has 3 aromatic rings. The van der Waals surface area contributed by atoms with Crippen molar-refractivity contribution < 1.29 is 8.94 Å². The summed E-state index contributed by atoms with van der Waals surface area (Å²) in [5, 5.41) is 7.55. The predicted octanol–water partition coefficient (Wildman–Crippen LogP) is 3.50. The SMILES string of the molecule is c1ccc(C2(NCc3nc(-c4ccco4)no3)CCC2)cc1. The van der Waals surface area contributed by atoms with Gasteiger partial charge in [-0.1, -0.05) is 35.5 Å². The van der Waals surface area contributed by atoms with Crippen LogP contribution < -0.4 is 5.32 Å². The van der Waals surface area contributed by atoms with Gasteiger partial charge in [-0.3, -0.25) is 5.32 Å². The van der Waals surface area contributed by atoms with E-state index in [0.717, 1.165) is 12.8 Å². The highest BCUT2D eigenvalue weighted by atomic mass is 16.5. The number of aromatic nitrogens is 2. The van der Waals surface area contributed by atoms with Gasteiger partial charge in [-0.15, -0.1) is 0 Å². The van der Waals surface area contributed by atoms with Crippen LogP contribution in [0.25, 0.3) is 11.6 Å². The summed E-state index contributed by atoms with van der Waals surface area (Å²) < 4.78 is 10.6. The number of nitrogens with one attached hydrogen (secondary N) is 1. The third-order valence-corrected chi connectivity index (χ3v) is 4.32. The van der Waals surface area contributed by atoms with E-state index in [2.05, 4.69) is 39.7 Å². The number of hydrogen-bond donors (Lipinski definition) is 1. The van der Waals surface area contributed by atoms with Crippen molar-refractivity contribution >= 4 is 0 Å². The normalized spacial score (nSPS) is 16.4. The summed E-state index contributed by atoms with van der Waals surface area (Å²) in [5.41, 5.74) is 1.37. The third kappa shape index (κ3) is 2.33. The van der Waals surface area contributed by atoms with Gasteiger partial charge >= 0.3 is 0 Å². The fourth-order valence-corrected chi connectivity index (χ4v) is 2.93. The van der Waals surface area contributed by atoms with Crippen molar-refractivity contribution in [1.82, 2.24) is 15.5 Å². The van der Waals surface area contributed by atoms with Crippen LogP contribution in [-0.2, 0) is 12.1 Å². The highest BCUT2D eigenvalue weighted by molar-refractivity contribution is 5.44. The van der Waals surface area contributed by atoms with Crippen molar-refractivity contribution in [3.63, 3.8) is 0 Å². The van der Waals surface area contributed by atoms with Gasteiger partial charge in [0, 0.05) is 5.54 Å². The first-order valence-corrected chi connectivity index (χ1v) is 7.53. The van der Waals surface area contributed by atoms with Gasteiger partial charge < -0.3 is 8.94 Å². The standard InChI is InChI=1S/C17H17N3O2/c1-2-6-13(7-3-1)17(9-5-10-17)18-12-15-19-16(20-22-15)14-8-4-11-21-14/h1-4,6-8,11,18H,5,9-10,12H2. The lowest BCUT2D eigenvalue weighted by Crippen LogP contribution is -2.47. The Morgan fingerprint density at radius 2 is 1.95 bits per heavy atom. The quantitative estimate of drug-likeness (QED) is 0.780. The van der Waals surface area contributed by atoms with Gasteiger partial charge in [-0.2, -0.15) is 4.98 Å². The van der Waals surface area contributed by atoms with E-state index in [1.165, 1.54) is 12.0 Å². The molecule has 1 fully saturated rings. The topological polar surface area (TPSA) is 64.1 Å². The van der Waals surface area contributed by atoms with Gasteiger partial charge in [0.15, 0.2) is 5.76 Å². The zero-order valence-electron chi connectivity index (χ0n) is 12.2. The Morgan fingerprint density at radius 3 is 2.64 bits per heavy atom. The van der Waals surface area contributed by atoms with Gasteiger partial charge in [0.1, 0.15) is 0 Å². The summed E-state index contributed by atoms with van der Waals surface area (Å²) in [6.45, 7) is 0.558. The minimum atomic E-state index is 0.0422. The highest BCUT2D eigenvalue weighted by Gasteiger charge is 2.38. The summed E-state index contributed by atoms with van der Waals surface area (Å²) in [6, 6.07) is 14.2. The van der Waals surface area contributed by atoms with Gasteiger partial charge in [0.05, 0.1) is 12.8 Å². The molecule has 112 valence electrons. The molecule has 1 aliphatic carbocycles. The Hall–Kier alpha value is -2.40. The van der Waals surface area contributed by atoms with E-state index in [0.29, 0.717) is 24.0 Å². The maximum atomic E-state index is 5.30. The molecule has 5 nitrogen and oxygen atoms in total. The first kappa shape index (κ1) is 13.3. The minimum absolute atomic E-state index is 0.0422. The fraction of sp³-hybridized carbons (Fsp3) is 0.294. The molecule has 0 bridgehead atoms. The first-order chi connectivity index (χ1) is 10.9. The van der Waals surface area contributed by atoms with Crippen molar-refractivity contribution in [3.05, 3.63) is 60.2 Å². The molecule has 4 rings (SSSR count). The molecule has 1 aromatic carbocycles. The largest absolute Gasteiger partial charge is 0.461 e. The van der Waals surface area contributed by atoms with Crippen LogP contribution in [0.3, 0.4) is 0 Å². The average Bonchev–Trinajstić information content (AvgIpc) is 3.18. The molecule has 0 atom stereocenters. The van der Waals surface area contributed by atoms with Crippen molar-refractivity contribution in [2.45, 2.75) is 31.3 Å². The summed E-state index contributed by atoms with van der Waals surface area (Å²) >= 11 is 0. The van der Waals surface area contributed by atoms with Crippen LogP contribution in [0.5, 0.6) is 0 Å². The molecule has 5 heteroatoms. The molecule has 0 saturated heterocycles. The molecule has 1 N–H and O–H groups in total. The second-order valence-electron chi connectivity index (χ2n) is 5.64. The Balaban J connectivity index is 1.48. The Morgan fingerprint density at radius 1 is 1.09 bits per heavy atom. The molecule has 0 spiro atoms. The summed E-state index contributed by atoms with van der Waals surface area (Å²) in [5.74, 6) is 1.69. The van der Waals surface area contributed by atoms with Crippen LogP contribution in [0.15, 0.2) is 57.7 Å². The van der Waals surface area contributed by atoms with E-state index >= 15 is 0 Å². The lowest BCUT2D eigenvalue weighted by molar-refractivity contribution is 0.175. The van der Waals surface area contributed by atoms with Gasteiger partial charge in [-0.25, -0.2) is 0 Å². The molecule has 22 heavy (non-hydrogen) atoms. The van der Waals surface area contributed by atoms with E-state index in [9.17, 15) is 0 Å². The minimum Gasteiger partial charge on any atom is -0.461 e. The third-order valence-electron chi connectivity index (χ3n) is 4.32. The maximum Gasteiger partial charge on any atom is 0.241 e. The van der Waals surface area contributed by atoms with Crippen molar-refractivity contribution in [2.24, 2.45) is 0 Å². The summed E-state index contributed by atoms with van der Waals surface area (Å²) in [6.07, 6.45) is 5.11. The van der Waals surface area contributed by atoms with E-state index < -0.39 is 0 Å².